The zero-order valence-corrected chi connectivity index (χ0v) is 16.4. The molecular formula is C24H22N2O3. The van der Waals surface area contributed by atoms with Gasteiger partial charge in [-0.05, 0) is 35.4 Å². The summed E-state index contributed by atoms with van der Waals surface area (Å²) in [5, 5.41) is 6.66. The van der Waals surface area contributed by atoms with E-state index in [4.69, 9.17) is 14.6 Å². The molecule has 146 valence electrons. The van der Waals surface area contributed by atoms with Gasteiger partial charge in [0.15, 0.2) is 6.04 Å². The Balaban J connectivity index is 1.86. The molecule has 0 amide bonds. The van der Waals surface area contributed by atoms with Gasteiger partial charge < -0.3 is 9.47 Å². The number of carbonyl (C=O) groups excluding carboxylic acids is 1. The third kappa shape index (κ3) is 3.59. The highest BCUT2D eigenvalue weighted by Crippen LogP contribution is 2.38. The molecule has 0 aliphatic carbocycles. The van der Waals surface area contributed by atoms with Crippen molar-refractivity contribution in [3.63, 3.8) is 0 Å². The average molecular weight is 386 g/mol. The minimum atomic E-state index is -0.606. The van der Waals surface area contributed by atoms with Crippen LogP contribution in [-0.2, 0) is 9.53 Å². The predicted octanol–water partition coefficient (Wildman–Crippen LogP) is 4.24. The summed E-state index contributed by atoms with van der Waals surface area (Å²) in [5.74, 6) is 0.159. The molecule has 4 rings (SSSR count). The molecule has 0 N–H and O–H groups in total. The van der Waals surface area contributed by atoms with Crippen molar-refractivity contribution in [1.82, 2.24) is 0 Å². The summed E-state index contributed by atoms with van der Waals surface area (Å²) in [6, 6.07) is 26.8. The van der Waals surface area contributed by atoms with Crippen LogP contribution in [0.2, 0.25) is 0 Å². The van der Waals surface area contributed by atoms with Crippen LogP contribution in [0.5, 0.6) is 5.75 Å². The van der Waals surface area contributed by atoms with Crippen LogP contribution in [0.3, 0.4) is 0 Å². The second kappa shape index (κ2) is 8.19. The van der Waals surface area contributed by atoms with Crippen LogP contribution < -0.4 is 9.75 Å². The van der Waals surface area contributed by atoms with Crippen LogP contribution in [0.15, 0.2) is 90.0 Å². The molecule has 29 heavy (non-hydrogen) atoms. The smallest absolute Gasteiger partial charge is 0.331 e. The van der Waals surface area contributed by atoms with Gasteiger partial charge >= 0.3 is 5.97 Å². The summed E-state index contributed by atoms with van der Waals surface area (Å²) in [4.78, 5) is 12.9. The summed E-state index contributed by atoms with van der Waals surface area (Å²) in [6.45, 7) is 0. The Morgan fingerprint density at radius 2 is 1.48 bits per heavy atom. The number of hydrogen-bond donors (Lipinski definition) is 0. The molecule has 0 radical (unpaired) electrons. The van der Waals surface area contributed by atoms with Crippen molar-refractivity contribution in [1.29, 1.82) is 0 Å². The second-order valence-corrected chi connectivity index (χ2v) is 6.75. The molecule has 0 aromatic heterocycles. The van der Waals surface area contributed by atoms with Gasteiger partial charge in [0.05, 0.1) is 31.5 Å². The van der Waals surface area contributed by atoms with Gasteiger partial charge in [-0.25, -0.2) is 9.80 Å². The van der Waals surface area contributed by atoms with Gasteiger partial charge in [-0.15, -0.1) is 0 Å². The molecule has 2 atom stereocenters. The van der Waals surface area contributed by atoms with Crippen molar-refractivity contribution < 1.29 is 14.3 Å². The number of anilines is 1. The number of carbonyl (C=O) groups is 1. The fourth-order valence-electron chi connectivity index (χ4n) is 3.69. The molecule has 0 bridgehead atoms. The summed E-state index contributed by atoms with van der Waals surface area (Å²) in [5.41, 5.74) is 3.63. The number of ether oxygens (including phenoxy) is 2. The van der Waals surface area contributed by atoms with Crippen molar-refractivity contribution in [2.24, 2.45) is 5.10 Å². The maximum atomic E-state index is 12.9. The Morgan fingerprint density at radius 3 is 2.07 bits per heavy atom. The first-order valence-corrected chi connectivity index (χ1v) is 9.43. The van der Waals surface area contributed by atoms with Crippen molar-refractivity contribution in [3.05, 3.63) is 96.1 Å². The maximum Gasteiger partial charge on any atom is 0.331 e. The van der Waals surface area contributed by atoms with Crippen molar-refractivity contribution >= 4 is 17.4 Å². The molecule has 3 aromatic rings. The highest BCUT2D eigenvalue weighted by atomic mass is 16.5. The fourth-order valence-corrected chi connectivity index (χ4v) is 3.69. The number of hydrogen-bond acceptors (Lipinski definition) is 5. The largest absolute Gasteiger partial charge is 0.497 e. The van der Waals surface area contributed by atoms with Gasteiger partial charge in [0.1, 0.15) is 5.75 Å². The minimum absolute atomic E-state index is 0.256. The van der Waals surface area contributed by atoms with E-state index in [1.54, 1.807) is 12.1 Å². The first-order chi connectivity index (χ1) is 14.2. The molecule has 0 fully saturated rings. The Hall–Kier alpha value is -3.60. The molecule has 3 aromatic carbocycles. The summed E-state index contributed by atoms with van der Waals surface area (Å²) in [7, 11) is 3.04. The van der Waals surface area contributed by atoms with Crippen LogP contribution in [0.25, 0.3) is 0 Å². The monoisotopic (exact) mass is 386 g/mol. The molecule has 0 saturated carbocycles. The SMILES string of the molecule is COC(=O)[C@@H]1[C@@H](c2ccccc2)C(c2ccccc2)=NN1c1ccc(OC)cc1. The van der Waals surface area contributed by atoms with Crippen molar-refractivity contribution in [2.75, 3.05) is 19.2 Å². The standard InChI is InChI=1S/C24H22N2O3/c1-28-20-15-13-19(14-16-20)26-23(24(27)29-2)21(17-9-5-3-6-10-17)22(25-26)18-11-7-4-8-12-18/h3-16,21,23H,1-2H3/t21-,23-/m0/s1. The van der Waals surface area contributed by atoms with Crippen molar-refractivity contribution in [2.45, 2.75) is 12.0 Å². The Morgan fingerprint density at radius 1 is 0.862 bits per heavy atom. The molecule has 0 saturated heterocycles. The third-order valence-corrected chi connectivity index (χ3v) is 5.10. The van der Waals surface area contributed by atoms with E-state index < -0.39 is 6.04 Å². The van der Waals surface area contributed by atoms with Gasteiger partial charge in [-0.3, -0.25) is 0 Å². The molecule has 0 unspecified atom stereocenters. The van der Waals surface area contributed by atoms with E-state index >= 15 is 0 Å². The number of nitrogens with zero attached hydrogens (tertiary/aromatic N) is 2. The fraction of sp³-hybridized carbons (Fsp3) is 0.167. The first kappa shape index (κ1) is 18.7. The Kier molecular flexibility index (Phi) is 5.29. The number of rotatable bonds is 5. The Labute approximate surface area is 170 Å². The van der Waals surface area contributed by atoms with E-state index in [9.17, 15) is 4.79 Å². The number of methoxy groups -OCH3 is 2. The zero-order valence-electron chi connectivity index (χ0n) is 16.4. The molecule has 1 heterocycles. The average Bonchev–Trinajstić information content (AvgIpc) is 3.20. The predicted molar refractivity (Wildman–Crippen MR) is 113 cm³/mol. The van der Waals surface area contributed by atoms with Crippen LogP contribution in [-0.4, -0.2) is 31.9 Å². The van der Waals surface area contributed by atoms with Crippen LogP contribution in [0.1, 0.15) is 17.0 Å². The second-order valence-electron chi connectivity index (χ2n) is 6.75. The van der Waals surface area contributed by atoms with E-state index in [0.717, 1.165) is 28.3 Å². The molecule has 1 aliphatic rings. The van der Waals surface area contributed by atoms with E-state index in [1.165, 1.54) is 7.11 Å². The summed E-state index contributed by atoms with van der Waals surface area (Å²) >= 11 is 0. The molecule has 5 heteroatoms. The van der Waals surface area contributed by atoms with Gasteiger partial charge in [-0.2, -0.15) is 5.10 Å². The Bertz CT molecular complexity index is 1000. The van der Waals surface area contributed by atoms with Crippen LogP contribution in [0.4, 0.5) is 5.69 Å². The molecule has 5 nitrogen and oxygen atoms in total. The number of hydrazone groups is 1. The van der Waals surface area contributed by atoms with E-state index in [-0.39, 0.29) is 11.9 Å². The normalized spacial score (nSPS) is 18.3. The lowest BCUT2D eigenvalue weighted by Crippen LogP contribution is -2.40. The first-order valence-electron chi connectivity index (χ1n) is 9.43. The van der Waals surface area contributed by atoms with E-state index in [1.807, 2.05) is 84.9 Å². The quantitative estimate of drug-likeness (QED) is 0.616. The lowest BCUT2D eigenvalue weighted by molar-refractivity contribution is -0.142. The third-order valence-electron chi connectivity index (χ3n) is 5.10. The number of benzene rings is 3. The van der Waals surface area contributed by atoms with Crippen LogP contribution >= 0.6 is 0 Å². The highest BCUT2D eigenvalue weighted by molar-refractivity contribution is 6.11. The van der Waals surface area contributed by atoms with E-state index in [2.05, 4.69) is 0 Å². The molecule has 0 spiro atoms. The van der Waals surface area contributed by atoms with Gasteiger partial charge in [-0.1, -0.05) is 60.7 Å². The minimum Gasteiger partial charge on any atom is -0.497 e. The summed E-state index contributed by atoms with van der Waals surface area (Å²) < 4.78 is 10.5. The van der Waals surface area contributed by atoms with Gasteiger partial charge in [0.2, 0.25) is 0 Å². The number of esters is 1. The summed E-state index contributed by atoms with van der Waals surface area (Å²) in [6.07, 6.45) is 0. The lowest BCUT2D eigenvalue weighted by atomic mass is 9.85. The lowest BCUT2D eigenvalue weighted by Gasteiger charge is -2.26. The molecular weight excluding hydrogens is 364 g/mol. The maximum absolute atomic E-state index is 12.9. The van der Waals surface area contributed by atoms with Gasteiger partial charge in [0.25, 0.3) is 0 Å². The highest BCUT2D eigenvalue weighted by Gasteiger charge is 2.44. The topological polar surface area (TPSA) is 51.1 Å². The van der Waals surface area contributed by atoms with Gasteiger partial charge in [0, 0.05) is 0 Å². The van der Waals surface area contributed by atoms with E-state index in [0.29, 0.717) is 0 Å². The zero-order chi connectivity index (χ0) is 20.2. The van der Waals surface area contributed by atoms with Crippen molar-refractivity contribution in [3.8, 4) is 5.75 Å². The van der Waals surface area contributed by atoms with Crippen LogP contribution in [0, 0.1) is 0 Å². The molecule has 1 aliphatic heterocycles.